The molecule has 0 unspecified atom stereocenters. The van der Waals surface area contributed by atoms with E-state index in [1.807, 2.05) is 7.05 Å². The molecule has 0 aliphatic heterocycles. The van der Waals surface area contributed by atoms with Crippen LogP contribution in [0.2, 0.25) is 19.5 Å². The third-order valence-electron chi connectivity index (χ3n) is 2.58. The van der Waals surface area contributed by atoms with E-state index in [0.717, 1.165) is 12.8 Å². The summed E-state index contributed by atoms with van der Waals surface area (Å²) in [5.41, 5.74) is 0. The first-order chi connectivity index (χ1) is 6.47. The molecule has 0 aromatic carbocycles. The van der Waals surface area contributed by atoms with E-state index in [1.54, 1.807) is 0 Å². The molecule has 1 atom stereocenters. The summed E-state index contributed by atoms with van der Waals surface area (Å²) in [5, 5.41) is 2.92. The Morgan fingerprint density at radius 3 is 2.29 bits per heavy atom. The lowest BCUT2D eigenvalue weighted by Crippen LogP contribution is -2.24. The van der Waals surface area contributed by atoms with E-state index in [2.05, 4.69) is 32.8 Å². The molecule has 3 heteroatoms. The van der Waals surface area contributed by atoms with Gasteiger partial charge >= 0.3 is 0 Å². The van der Waals surface area contributed by atoms with Crippen molar-refractivity contribution in [3.63, 3.8) is 0 Å². The molecule has 0 radical (unpaired) electrons. The summed E-state index contributed by atoms with van der Waals surface area (Å²) in [6, 6.07) is 0. The van der Waals surface area contributed by atoms with Crippen LogP contribution in [0.15, 0.2) is 0 Å². The number of hydrogen-bond donors (Lipinski definition) is 1. The lowest BCUT2D eigenvalue weighted by atomic mass is 9.42. The van der Waals surface area contributed by atoms with Gasteiger partial charge in [-0.15, -0.1) is 0 Å². The maximum absolute atomic E-state index is 11.5. The number of nitrogens with one attached hydrogen (secondary N) is 1. The number of hydrogen-bond acceptors (Lipinski definition) is 2. The van der Waals surface area contributed by atoms with E-state index in [9.17, 15) is 4.79 Å². The Kier molecular flexibility index (Phi) is 6.90. The van der Waals surface area contributed by atoms with Crippen molar-refractivity contribution in [3.8, 4) is 0 Å². The van der Waals surface area contributed by atoms with Crippen molar-refractivity contribution < 1.29 is 4.79 Å². The van der Waals surface area contributed by atoms with Crippen molar-refractivity contribution in [2.24, 2.45) is 5.92 Å². The molecular formula is C11H24BNO. The number of rotatable bonds is 7. The lowest BCUT2D eigenvalue weighted by molar-refractivity contribution is -0.118. The fourth-order valence-corrected chi connectivity index (χ4v) is 1.76. The van der Waals surface area contributed by atoms with Crippen molar-refractivity contribution >= 4 is 12.5 Å². The number of carbonyl (C=O) groups is 1. The Balaban J connectivity index is 4.02. The minimum Gasteiger partial charge on any atom is -0.313 e. The van der Waals surface area contributed by atoms with Crippen LogP contribution in [-0.4, -0.2) is 26.1 Å². The molecule has 0 saturated heterocycles. The van der Waals surface area contributed by atoms with Gasteiger partial charge in [0, 0.05) is 6.42 Å². The maximum atomic E-state index is 11.5. The molecule has 0 aromatic rings. The largest absolute Gasteiger partial charge is 0.313 e. The number of ketones is 1. The van der Waals surface area contributed by atoms with E-state index in [0.29, 0.717) is 30.8 Å². The van der Waals surface area contributed by atoms with Crippen LogP contribution in [0, 0.1) is 5.92 Å². The van der Waals surface area contributed by atoms with Crippen LogP contribution in [0.3, 0.4) is 0 Å². The van der Waals surface area contributed by atoms with Crippen molar-refractivity contribution in [3.05, 3.63) is 0 Å². The van der Waals surface area contributed by atoms with Crippen LogP contribution in [0.1, 0.15) is 26.7 Å². The predicted molar refractivity (Wildman–Crippen MR) is 64.2 cm³/mol. The molecule has 2 nitrogen and oxygen atoms in total. The second-order valence-corrected chi connectivity index (χ2v) is 4.91. The second-order valence-electron chi connectivity index (χ2n) is 4.91. The first-order valence-electron chi connectivity index (χ1n) is 5.63. The van der Waals surface area contributed by atoms with Gasteiger partial charge in [0.2, 0.25) is 0 Å². The van der Waals surface area contributed by atoms with Gasteiger partial charge in [-0.25, -0.2) is 0 Å². The summed E-state index contributed by atoms with van der Waals surface area (Å²) >= 11 is 0. The third-order valence-corrected chi connectivity index (χ3v) is 2.58. The molecule has 0 aromatic heterocycles. The molecule has 1 N–H and O–H groups in total. The van der Waals surface area contributed by atoms with E-state index >= 15 is 0 Å². The highest BCUT2D eigenvalue weighted by molar-refractivity contribution is 6.57. The molecule has 0 spiro atoms. The zero-order valence-corrected chi connectivity index (χ0v) is 10.3. The van der Waals surface area contributed by atoms with Gasteiger partial charge in [-0.2, -0.15) is 0 Å². The van der Waals surface area contributed by atoms with Crippen LogP contribution < -0.4 is 5.32 Å². The summed E-state index contributed by atoms with van der Waals surface area (Å²) in [6.45, 7) is 9.98. The Hall–Kier alpha value is -0.305. The van der Waals surface area contributed by atoms with Gasteiger partial charge in [0.25, 0.3) is 0 Å². The quantitative estimate of drug-likeness (QED) is 0.634. The fourth-order valence-electron chi connectivity index (χ4n) is 1.76. The summed E-state index contributed by atoms with van der Waals surface area (Å²) in [5.74, 6) is 1.58. The molecule has 14 heavy (non-hydrogen) atoms. The molecule has 0 amide bonds. The van der Waals surface area contributed by atoms with Crippen molar-refractivity contribution in [2.45, 2.75) is 46.2 Å². The first-order valence-corrected chi connectivity index (χ1v) is 5.63. The summed E-state index contributed by atoms with van der Waals surface area (Å²) in [7, 11) is 1.82. The molecular weight excluding hydrogens is 173 g/mol. The summed E-state index contributed by atoms with van der Waals surface area (Å²) < 4.78 is 0. The van der Waals surface area contributed by atoms with Crippen LogP contribution >= 0.6 is 0 Å². The number of likely N-dealkylation sites (N-methyl/N-ethyl adjacent to an activating group) is 1. The Morgan fingerprint density at radius 1 is 1.36 bits per heavy atom. The third kappa shape index (κ3) is 6.19. The van der Waals surface area contributed by atoms with Crippen molar-refractivity contribution in [1.82, 2.24) is 5.32 Å². The summed E-state index contributed by atoms with van der Waals surface area (Å²) in [6.07, 6.45) is 1.89. The molecule has 0 bridgehead atoms. The first kappa shape index (κ1) is 13.7. The lowest BCUT2D eigenvalue weighted by Gasteiger charge is -2.20. The van der Waals surface area contributed by atoms with Gasteiger partial charge < -0.3 is 5.32 Å². The normalized spacial score (nSPS) is 13.0. The van der Waals surface area contributed by atoms with E-state index in [4.69, 9.17) is 0 Å². The fraction of sp³-hybridized carbons (Fsp3) is 0.909. The SMILES string of the molecule is CNCC(=O)C[C@@H](CC(C)C)B(C)C. The minimum absolute atomic E-state index is 0.340. The van der Waals surface area contributed by atoms with Gasteiger partial charge in [0.1, 0.15) is 12.5 Å². The van der Waals surface area contributed by atoms with Crippen LogP contribution in [-0.2, 0) is 4.79 Å². The molecule has 0 aliphatic rings. The second kappa shape index (κ2) is 7.05. The summed E-state index contributed by atoms with van der Waals surface area (Å²) in [4.78, 5) is 11.5. The predicted octanol–water partition coefficient (Wildman–Crippen LogP) is 2.34. The molecule has 0 aliphatic carbocycles. The molecule has 82 valence electrons. The Bertz CT molecular complexity index is 169. The Morgan fingerprint density at radius 2 is 1.93 bits per heavy atom. The van der Waals surface area contributed by atoms with Crippen LogP contribution in [0.4, 0.5) is 0 Å². The van der Waals surface area contributed by atoms with Crippen molar-refractivity contribution in [2.75, 3.05) is 13.6 Å². The van der Waals surface area contributed by atoms with Crippen LogP contribution in [0.5, 0.6) is 0 Å². The monoisotopic (exact) mass is 197 g/mol. The smallest absolute Gasteiger partial charge is 0.146 e. The standard InChI is InChI=1S/C11H24BNO/c1-9(2)6-10(12(3)4)7-11(14)8-13-5/h9-10,13H,6-8H2,1-5H3/t10-/m1/s1. The average Bonchev–Trinajstić information content (AvgIpc) is 2.02. The number of Topliss-reactive ketones (excluding diaryl/α,β-unsaturated/α-hetero) is 1. The molecule has 0 saturated carbocycles. The maximum Gasteiger partial charge on any atom is 0.146 e. The molecule has 0 fully saturated rings. The van der Waals surface area contributed by atoms with E-state index in [-0.39, 0.29) is 0 Å². The van der Waals surface area contributed by atoms with Crippen LogP contribution in [0.25, 0.3) is 0 Å². The minimum atomic E-state index is 0.340. The van der Waals surface area contributed by atoms with Gasteiger partial charge in [0.15, 0.2) is 0 Å². The topological polar surface area (TPSA) is 29.1 Å². The van der Waals surface area contributed by atoms with Gasteiger partial charge in [-0.3, -0.25) is 4.79 Å². The highest BCUT2D eigenvalue weighted by Gasteiger charge is 2.20. The van der Waals surface area contributed by atoms with E-state index in [1.165, 1.54) is 0 Å². The zero-order chi connectivity index (χ0) is 11.1. The number of carbonyl (C=O) groups excluding carboxylic acids is 1. The van der Waals surface area contributed by atoms with Crippen molar-refractivity contribution in [1.29, 1.82) is 0 Å². The highest BCUT2D eigenvalue weighted by Crippen LogP contribution is 2.24. The van der Waals surface area contributed by atoms with Gasteiger partial charge in [-0.1, -0.05) is 39.7 Å². The van der Waals surface area contributed by atoms with Gasteiger partial charge in [-0.05, 0) is 13.0 Å². The zero-order valence-electron chi connectivity index (χ0n) is 10.3. The molecule has 0 heterocycles. The highest BCUT2D eigenvalue weighted by atomic mass is 16.1. The Labute approximate surface area is 88.9 Å². The van der Waals surface area contributed by atoms with Gasteiger partial charge in [0.05, 0.1) is 6.54 Å². The average molecular weight is 197 g/mol. The van der Waals surface area contributed by atoms with E-state index < -0.39 is 0 Å². The molecule has 0 rings (SSSR count).